The van der Waals surface area contributed by atoms with Gasteiger partial charge in [0.05, 0.1) is 4.90 Å². The zero-order valence-corrected chi connectivity index (χ0v) is 16.4. The Kier molecular flexibility index (Phi) is 6.13. The van der Waals surface area contributed by atoms with Crippen LogP contribution in [0.2, 0.25) is 0 Å². The van der Waals surface area contributed by atoms with Crippen LogP contribution in [0, 0.1) is 12.7 Å². The van der Waals surface area contributed by atoms with Crippen molar-refractivity contribution >= 4 is 27.3 Å². The Balaban J connectivity index is 1.58. The van der Waals surface area contributed by atoms with Crippen molar-refractivity contribution in [1.29, 1.82) is 0 Å². The number of ether oxygens (including phenoxy) is 1. The van der Waals surface area contributed by atoms with Gasteiger partial charge in [0.2, 0.25) is 0 Å². The van der Waals surface area contributed by atoms with Crippen molar-refractivity contribution in [3.05, 3.63) is 84.2 Å². The first kappa shape index (κ1) is 20.3. The summed E-state index contributed by atoms with van der Waals surface area (Å²) in [6.07, 6.45) is 0. The molecular weight excluding hydrogens is 395 g/mol. The number of aryl methyl sites for hydroxylation is 1. The largest absolute Gasteiger partial charge is 0.484 e. The molecule has 0 aromatic heterocycles. The highest BCUT2D eigenvalue weighted by Gasteiger charge is 2.14. The van der Waals surface area contributed by atoms with E-state index >= 15 is 0 Å². The van der Waals surface area contributed by atoms with Gasteiger partial charge in [0, 0.05) is 11.4 Å². The van der Waals surface area contributed by atoms with E-state index in [2.05, 4.69) is 10.0 Å². The Bertz CT molecular complexity index is 1080. The summed E-state index contributed by atoms with van der Waals surface area (Å²) >= 11 is 0. The van der Waals surface area contributed by atoms with E-state index in [0.29, 0.717) is 17.1 Å². The van der Waals surface area contributed by atoms with Crippen LogP contribution in [0.4, 0.5) is 15.8 Å². The lowest BCUT2D eigenvalue weighted by Crippen LogP contribution is -2.20. The molecule has 8 heteroatoms. The van der Waals surface area contributed by atoms with Crippen LogP contribution >= 0.6 is 0 Å². The lowest BCUT2D eigenvalue weighted by molar-refractivity contribution is -0.118. The second kappa shape index (κ2) is 8.74. The van der Waals surface area contributed by atoms with Crippen molar-refractivity contribution < 1.29 is 22.3 Å². The molecule has 3 aromatic rings. The summed E-state index contributed by atoms with van der Waals surface area (Å²) in [5, 5.41) is 2.60. The third kappa shape index (κ3) is 5.79. The fraction of sp³-hybridized carbons (Fsp3) is 0.0952. The average Bonchev–Trinajstić information content (AvgIpc) is 2.70. The van der Waals surface area contributed by atoms with Crippen LogP contribution in [0.3, 0.4) is 0 Å². The molecule has 2 N–H and O–H groups in total. The van der Waals surface area contributed by atoms with E-state index in [1.165, 1.54) is 48.5 Å². The standard InChI is InChI=1S/C21H19FN2O4S/c1-15-2-6-18(7-3-15)24-29(26,27)20-12-8-17(9-13-20)23-21(25)14-28-19-10-4-16(22)5-11-19/h2-13,24H,14H2,1H3,(H,23,25). The molecule has 0 heterocycles. The molecule has 3 rings (SSSR count). The predicted molar refractivity (Wildman–Crippen MR) is 109 cm³/mol. The van der Waals surface area contributed by atoms with Gasteiger partial charge in [-0.3, -0.25) is 9.52 Å². The summed E-state index contributed by atoms with van der Waals surface area (Å²) < 4.78 is 45.5. The third-order valence-electron chi connectivity index (χ3n) is 3.94. The summed E-state index contributed by atoms with van der Waals surface area (Å²) in [5.74, 6) is -0.457. The first-order chi connectivity index (χ1) is 13.8. The van der Waals surface area contributed by atoms with Gasteiger partial charge in [-0.2, -0.15) is 0 Å². The van der Waals surface area contributed by atoms with E-state index in [1.807, 2.05) is 19.1 Å². The smallest absolute Gasteiger partial charge is 0.262 e. The van der Waals surface area contributed by atoms with Crippen molar-refractivity contribution in [2.45, 2.75) is 11.8 Å². The van der Waals surface area contributed by atoms with Gasteiger partial charge in [-0.15, -0.1) is 0 Å². The predicted octanol–water partition coefficient (Wildman–Crippen LogP) is 3.95. The van der Waals surface area contributed by atoms with Crippen LogP contribution in [0.15, 0.2) is 77.7 Å². The lowest BCUT2D eigenvalue weighted by atomic mass is 10.2. The van der Waals surface area contributed by atoms with Crippen LogP contribution < -0.4 is 14.8 Å². The monoisotopic (exact) mass is 414 g/mol. The summed E-state index contributed by atoms with van der Waals surface area (Å²) in [7, 11) is -3.74. The number of carbonyl (C=O) groups excluding carboxylic acids is 1. The van der Waals surface area contributed by atoms with Gasteiger partial charge in [0.25, 0.3) is 15.9 Å². The molecule has 0 saturated heterocycles. The number of hydrogen-bond acceptors (Lipinski definition) is 4. The average molecular weight is 414 g/mol. The van der Waals surface area contributed by atoms with E-state index in [4.69, 9.17) is 4.74 Å². The van der Waals surface area contributed by atoms with Crippen molar-refractivity contribution in [2.75, 3.05) is 16.6 Å². The normalized spacial score (nSPS) is 11.0. The molecule has 0 spiro atoms. The molecular formula is C21H19FN2O4S. The zero-order chi connectivity index (χ0) is 20.9. The fourth-order valence-corrected chi connectivity index (χ4v) is 3.49. The molecule has 0 aliphatic rings. The highest BCUT2D eigenvalue weighted by molar-refractivity contribution is 7.92. The number of carbonyl (C=O) groups is 1. The fourth-order valence-electron chi connectivity index (χ4n) is 2.43. The lowest BCUT2D eigenvalue weighted by Gasteiger charge is -2.10. The van der Waals surface area contributed by atoms with Crippen molar-refractivity contribution in [2.24, 2.45) is 0 Å². The molecule has 0 atom stereocenters. The molecule has 0 aliphatic heterocycles. The van der Waals surface area contributed by atoms with Crippen molar-refractivity contribution in [3.8, 4) is 5.75 Å². The van der Waals surface area contributed by atoms with Crippen LogP contribution in [-0.4, -0.2) is 20.9 Å². The number of anilines is 2. The minimum Gasteiger partial charge on any atom is -0.484 e. The Morgan fingerprint density at radius 2 is 1.48 bits per heavy atom. The molecule has 3 aromatic carbocycles. The van der Waals surface area contributed by atoms with Crippen molar-refractivity contribution in [3.63, 3.8) is 0 Å². The van der Waals surface area contributed by atoms with Gasteiger partial charge in [0.15, 0.2) is 6.61 Å². The van der Waals surface area contributed by atoms with Crippen molar-refractivity contribution in [1.82, 2.24) is 0 Å². The van der Waals surface area contributed by atoms with Crippen LogP contribution in [0.25, 0.3) is 0 Å². The molecule has 0 radical (unpaired) electrons. The van der Waals surface area contributed by atoms with Gasteiger partial charge in [-0.05, 0) is 67.6 Å². The first-order valence-corrected chi connectivity index (χ1v) is 10.2. The summed E-state index contributed by atoms with van der Waals surface area (Å²) in [6.45, 7) is 1.65. The number of sulfonamides is 1. The Hall–Kier alpha value is -3.39. The molecule has 0 fully saturated rings. The highest BCUT2D eigenvalue weighted by atomic mass is 32.2. The number of benzene rings is 3. The minimum atomic E-state index is -3.74. The second-order valence-corrected chi connectivity index (χ2v) is 7.97. The van der Waals surface area contributed by atoms with E-state index in [0.717, 1.165) is 5.56 Å². The molecule has 6 nitrogen and oxygen atoms in total. The molecule has 0 bridgehead atoms. The Morgan fingerprint density at radius 1 is 0.897 bits per heavy atom. The first-order valence-electron chi connectivity index (χ1n) is 8.70. The molecule has 0 unspecified atom stereocenters. The van der Waals surface area contributed by atoms with E-state index in [1.54, 1.807) is 12.1 Å². The summed E-state index contributed by atoms with van der Waals surface area (Å²) in [5.41, 5.74) is 1.91. The minimum absolute atomic E-state index is 0.0682. The summed E-state index contributed by atoms with van der Waals surface area (Å²) in [6, 6.07) is 18.1. The molecule has 150 valence electrons. The van der Waals surface area contributed by atoms with Gasteiger partial charge in [-0.1, -0.05) is 17.7 Å². The molecule has 0 aliphatic carbocycles. The highest BCUT2D eigenvalue weighted by Crippen LogP contribution is 2.19. The quantitative estimate of drug-likeness (QED) is 0.613. The van der Waals surface area contributed by atoms with E-state index in [-0.39, 0.29) is 11.5 Å². The van der Waals surface area contributed by atoms with E-state index < -0.39 is 21.7 Å². The third-order valence-corrected chi connectivity index (χ3v) is 5.33. The van der Waals surface area contributed by atoms with Crippen LogP contribution in [-0.2, 0) is 14.8 Å². The zero-order valence-electron chi connectivity index (χ0n) is 15.6. The summed E-state index contributed by atoms with van der Waals surface area (Å²) in [4.78, 5) is 12.0. The van der Waals surface area contributed by atoms with Gasteiger partial charge < -0.3 is 10.1 Å². The SMILES string of the molecule is Cc1ccc(NS(=O)(=O)c2ccc(NC(=O)COc3ccc(F)cc3)cc2)cc1. The number of rotatable bonds is 7. The maximum atomic E-state index is 12.8. The maximum Gasteiger partial charge on any atom is 0.262 e. The van der Waals surface area contributed by atoms with Gasteiger partial charge >= 0.3 is 0 Å². The molecule has 29 heavy (non-hydrogen) atoms. The van der Waals surface area contributed by atoms with Gasteiger partial charge in [-0.25, -0.2) is 12.8 Å². The van der Waals surface area contributed by atoms with Crippen LogP contribution in [0.1, 0.15) is 5.56 Å². The topological polar surface area (TPSA) is 84.5 Å². The molecule has 1 amide bonds. The molecule has 0 saturated carbocycles. The number of amides is 1. The second-order valence-electron chi connectivity index (χ2n) is 6.29. The maximum absolute atomic E-state index is 12.8. The number of hydrogen-bond donors (Lipinski definition) is 2. The van der Waals surface area contributed by atoms with Gasteiger partial charge in [0.1, 0.15) is 11.6 Å². The van der Waals surface area contributed by atoms with Crippen LogP contribution in [0.5, 0.6) is 5.75 Å². The van der Waals surface area contributed by atoms with E-state index in [9.17, 15) is 17.6 Å². The number of halogens is 1. The Labute approximate surface area is 168 Å². The Morgan fingerprint density at radius 3 is 2.10 bits per heavy atom. The number of nitrogens with one attached hydrogen (secondary N) is 2.